The van der Waals surface area contributed by atoms with E-state index in [1.165, 1.54) is 6.92 Å². The average molecular weight is 250 g/mol. The van der Waals surface area contributed by atoms with Gasteiger partial charge in [0.1, 0.15) is 12.4 Å². The van der Waals surface area contributed by atoms with Crippen molar-refractivity contribution in [1.29, 1.82) is 0 Å². The van der Waals surface area contributed by atoms with E-state index >= 15 is 0 Å². The Morgan fingerprint density at radius 2 is 2.00 bits per heavy atom. The van der Waals surface area contributed by atoms with Crippen molar-refractivity contribution in [3.63, 3.8) is 0 Å². The second kappa shape index (κ2) is 7.63. The fraction of sp³-hybridized carbons (Fsp3) is 0.818. The third-order valence-corrected chi connectivity index (χ3v) is 2.88. The van der Waals surface area contributed by atoms with E-state index in [4.69, 9.17) is 4.74 Å². The number of halogens is 1. The SMILES string of the molecule is CC(=O)OC(C(C)C=O)C1CCNCC1.Cl. The summed E-state index contributed by atoms with van der Waals surface area (Å²) in [5.74, 6) is -0.195. The molecule has 2 unspecified atom stereocenters. The molecular weight excluding hydrogens is 230 g/mol. The minimum absolute atomic E-state index is 0. The molecule has 1 aliphatic heterocycles. The Hall–Kier alpha value is -0.610. The van der Waals surface area contributed by atoms with Crippen LogP contribution in [0.15, 0.2) is 0 Å². The van der Waals surface area contributed by atoms with Crippen molar-refractivity contribution in [3.8, 4) is 0 Å². The monoisotopic (exact) mass is 249 g/mol. The van der Waals surface area contributed by atoms with Crippen molar-refractivity contribution in [2.45, 2.75) is 32.8 Å². The van der Waals surface area contributed by atoms with Crippen molar-refractivity contribution in [1.82, 2.24) is 5.32 Å². The molecule has 2 atom stereocenters. The molecule has 1 fully saturated rings. The first kappa shape index (κ1) is 15.4. The number of nitrogens with one attached hydrogen (secondary N) is 1. The number of hydrogen-bond donors (Lipinski definition) is 1. The molecule has 0 aliphatic carbocycles. The van der Waals surface area contributed by atoms with E-state index in [-0.39, 0.29) is 30.4 Å². The predicted octanol–water partition coefficient (Wildman–Crippen LogP) is 1.17. The minimum atomic E-state index is -0.299. The maximum atomic E-state index is 11.0. The van der Waals surface area contributed by atoms with Crippen LogP contribution in [-0.4, -0.2) is 31.4 Å². The molecule has 1 N–H and O–H groups in total. The first-order valence-corrected chi connectivity index (χ1v) is 5.48. The van der Waals surface area contributed by atoms with Crippen LogP contribution < -0.4 is 5.32 Å². The van der Waals surface area contributed by atoms with E-state index in [2.05, 4.69) is 5.32 Å². The van der Waals surface area contributed by atoms with Crippen molar-refractivity contribution >= 4 is 24.7 Å². The van der Waals surface area contributed by atoms with Gasteiger partial charge in [-0.15, -0.1) is 12.4 Å². The fourth-order valence-corrected chi connectivity index (χ4v) is 2.07. The van der Waals surface area contributed by atoms with Gasteiger partial charge < -0.3 is 14.8 Å². The maximum absolute atomic E-state index is 11.0. The second-order valence-electron chi connectivity index (χ2n) is 4.16. The summed E-state index contributed by atoms with van der Waals surface area (Å²) in [6, 6.07) is 0. The van der Waals surface area contributed by atoms with Crippen LogP contribution in [0.4, 0.5) is 0 Å². The van der Waals surface area contributed by atoms with E-state index in [9.17, 15) is 9.59 Å². The molecule has 0 spiro atoms. The van der Waals surface area contributed by atoms with E-state index < -0.39 is 0 Å². The maximum Gasteiger partial charge on any atom is 0.302 e. The van der Waals surface area contributed by atoms with Gasteiger partial charge in [0.05, 0.1) is 0 Å². The average Bonchev–Trinajstić information content (AvgIpc) is 2.26. The lowest BCUT2D eigenvalue weighted by Gasteiger charge is -2.31. The number of rotatable bonds is 4. The highest BCUT2D eigenvalue weighted by atomic mass is 35.5. The molecule has 16 heavy (non-hydrogen) atoms. The molecule has 0 aromatic rings. The van der Waals surface area contributed by atoms with Crippen LogP contribution in [-0.2, 0) is 14.3 Å². The number of aldehydes is 1. The summed E-state index contributed by atoms with van der Waals surface area (Å²) >= 11 is 0. The topological polar surface area (TPSA) is 55.4 Å². The normalized spacial score (nSPS) is 20.4. The van der Waals surface area contributed by atoms with Gasteiger partial charge in [0, 0.05) is 12.8 Å². The molecule has 1 rings (SSSR count). The molecule has 0 aromatic carbocycles. The Balaban J connectivity index is 0.00000225. The molecule has 1 heterocycles. The van der Waals surface area contributed by atoms with Crippen LogP contribution in [0.2, 0.25) is 0 Å². The van der Waals surface area contributed by atoms with E-state index in [0.29, 0.717) is 5.92 Å². The van der Waals surface area contributed by atoms with Crippen LogP contribution in [0.25, 0.3) is 0 Å². The molecule has 0 bridgehead atoms. The molecule has 5 heteroatoms. The van der Waals surface area contributed by atoms with Gasteiger partial charge >= 0.3 is 5.97 Å². The van der Waals surface area contributed by atoms with E-state index in [0.717, 1.165) is 32.2 Å². The molecule has 0 radical (unpaired) electrons. The summed E-state index contributed by atoms with van der Waals surface area (Å²) < 4.78 is 5.24. The number of hydrogen-bond acceptors (Lipinski definition) is 4. The number of piperidine rings is 1. The lowest BCUT2D eigenvalue weighted by molar-refractivity contribution is -0.153. The molecule has 0 saturated carbocycles. The van der Waals surface area contributed by atoms with Crippen LogP contribution in [0.3, 0.4) is 0 Å². The van der Waals surface area contributed by atoms with Crippen LogP contribution >= 0.6 is 12.4 Å². The number of ether oxygens (including phenoxy) is 1. The van der Waals surface area contributed by atoms with Gasteiger partial charge in [0.15, 0.2) is 0 Å². The highest BCUT2D eigenvalue weighted by Crippen LogP contribution is 2.24. The summed E-state index contributed by atoms with van der Waals surface area (Å²) in [4.78, 5) is 21.7. The Morgan fingerprint density at radius 3 is 2.44 bits per heavy atom. The molecule has 1 saturated heterocycles. The van der Waals surface area contributed by atoms with Crippen molar-refractivity contribution in [3.05, 3.63) is 0 Å². The number of esters is 1. The smallest absolute Gasteiger partial charge is 0.302 e. The number of carbonyl (C=O) groups is 2. The van der Waals surface area contributed by atoms with Crippen molar-refractivity contribution in [2.75, 3.05) is 13.1 Å². The molecule has 0 amide bonds. The van der Waals surface area contributed by atoms with E-state index in [1.807, 2.05) is 6.92 Å². The Bertz CT molecular complexity index is 229. The molecule has 1 aliphatic rings. The lowest BCUT2D eigenvalue weighted by Crippen LogP contribution is -2.39. The standard InChI is InChI=1S/C11H19NO3.ClH/c1-8(7-13)11(15-9(2)14)10-3-5-12-6-4-10;/h7-8,10-12H,3-6H2,1-2H3;1H. The van der Waals surface area contributed by atoms with Gasteiger partial charge in [-0.05, 0) is 31.8 Å². The Labute approximate surface area is 103 Å². The Morgan fingerprint density at radius 1 is 1.44 bits per heavy atom. The van der Waals surface area contributed by atoms with E-state index in [1.54, 1.807) is 0 Å². The van der Waals surface area contributed by atoms with Gasteiger partial charge in [-0.3, -0.25) is 4.79 Å². The zero-order valence-electron chi connectivity index (χ0n) is 9.77. The summed E-state index contributed by atoms with van der Waals surface area (Å²) in [5, 5.41) is 3.25. The van der Waals surface area contributed by atoms with Gasteiger partial charge in [0.2, 0.25) is 0 Å². The Kier molecular flexibility index (Phi) is 7.34. The predicted molar refractivity (Wildman–Crippen MR) is 63.6 cm³/mol. The van der Waals surface area contributed by atoms with Gasteiger partial charge in [0.25, 0.3) is 0 Å². The summed E-state index contributed by atoms with van der Waals surface area (Å²) in [5.41, 5.74) is 0. The molecular formula is C11H20ClNO3. The summed E-state index contributed by atoms with van der Waals surface area (Å²) in [6.45, 7) is 5.08. The molecule has 0 aromatic heterocycles. The van der Waals surface area contributed by atoms with Crippen LogP contribution in [0, 0.1) is 11.8 Å². The minimum Gasteiger partial charge on any atom is -0.462 e. The summed E-state index contributed by atoms with van der Waals surface area (Å²) in [6.07, 6.45) is 2.56. The highest BCUT2D eigenvalue weighted by molar-refractivity contribution is 5.85. The lowest BCUT2D eigenvalue weighted by atomic mass is 9.86. The number of carbonyl (C=O) groups excluding carboxylic acids is 2. The van der Waals surface area contributed by atoms with Gasteiger partial charge in [-0.25, -0.2) is 0 Å². The molecule has 94 valence electrons. The molecule has 4 nitrogen and oxygen atoms in total. The quantitative estimate of drug-likeness (QED) is 0.600. The van der Waals surface area contributed by atoms with Crippen molar-refractivity contribution in [2.24, 2.45) is 11.8 Å². The highest BCUT2D eigenvalue weighted by Gasteiger charge is 2.30. The van der Waals surface area contributed by atoms with Crippen LogP contribution in [0.5, 0.6) is 0 Å². The first-order valence-electron chi connectivity index (χ1n) is 5.48. The van der Waals surface area contributed by atoms with Gasteiger partial charge in [-0.2, -0.15) is 0 Å². The van der Waals surface area contributed by atoms with Crippen LogP contribution in [0.1, 0.15) is 26.7 Å². The largest absolute Gasteiger partial charge is 0.462 e. The second-order valence-corrected chi connectivity index (χ2v) is 4.16. The first-order chi connectivity index (χ1) is 7.15. The van der Waals surface area contributed by atoms with Crippen molar-refractivity contribution < 1.29 is 14.3 Å². The zero-order chi connectivity index (χ0) is 11.3. The third kappa shape index (κ3) is 4.49. The summed E-state index contributed by atoms with van der Waals surface area (Å²) in [7, 11) is 0. The zero-order valence-corrected chi connectivity index (χ0v) is 10.6. The fourth-order valence-electron chi connectivity index (χ4n) is 2.07. The third-order valence-electron chi connectivity index (χ3n) is 2.88. The van der Waals surface area contributed by atoms with Gasteiger partial charge in [-0.1, -0.05) is 6.92 Å².